The zero-order valence-electron chi connectivity index (χ0n) is 15.8. The number of benzene rings is 2. The Morgan fingerprint density at radius 3 is 2.32 bits per heavy atom. The third-order valence-electron chi connectivity index (χ3n) is 5.27. The topological polar surface area (TPSA) is 89.8 Å². The van der Waals surface area contributed by atoms with Gasteiger partial charge in [-0.2, -0.15) is 0 Å². The van der Waals surface area contributed by atoms with E-state index in [4.69, 9.17) is 4.74 Å². The number of rotatable bonds is 2. The van der Waals surface area contributed by atoms with Crippen molar-refractivity contribution in [1.29, 1.82) is 0 Å². The molecule has 3 atom stereocenters. The van der Waals surface area contributed by atoms with Crippen molar-refractivity contribution in [2.24, 2.45) is 0 Å². The lowest BCUT2D eigenvalue weighted by atomic mass is 9.92. The Kier molecular flexibility index (Phi) is 3.82. The van der Waals surface area contributed by atoms with Gasteiger partial charge in [0.2, 0.25) is 6.04 Å². The minimum Gasteiger partial charge on any atom is -0.443 e. The van der Waals surface area contributed by atoms with Crippen LogP contribution in [0, 0.1) is 10.1 Å². The van der Waals surface area contributed by atoms with Crippen molar-refractivity contribution in [3.8, 4) is 0 Å². The molecule has 2 amide bonds. The number of imide groups is 1. The second-order valence-electron chi connectivity index (χ2n) is 8.13. The molecular weight excluding hydrogens is 360 g/mol. The maximum atomic E-state index is 13.5. The number of hydrogen-bond donors (Lipinski definition) is 0. The Hall–Kier alpha value is -3.22. The summed E-state index contributed by atoms with van der Waals surface area (Å²) in [5, 5.41) is 11.9. The minimum absolute atomic E-state index is 0.354. The summed E-state index contributed by atoms with van der Waals surface area (Å²) in [6.07, 6.45) is -0.817. The minimum atomic E-state index is -1.39. The summed E-state index contributed by atoms with van der Waals surface area (Å²) in [6.45, 7) is 5.12. The van der Waals surface area contributed by atoms with E-state index < -0.39 is 39.9 Å². The molecule has 0 saturated heterocycles. The number of anilines is 1. The standard InChI is InChI=1S/C21H20N2O5/c1-20(2,3)28-19(25)22-15-12-8-7-11-14(15)21(18(22)24)16(17(21)23(26)27)13-9-5-4-6-10-13/h4-12,16-17H,1-3H3/t16-,17+,21+/m0/s1. The Labute approximate surface area is 162 Å². The van der Waals surface area contributed by atoms with E-state index >= 15 is 0 Å². The van der Waals surface area contributed by atoms with E-state index in [0.29, 0.717) is 16.8 Å². The van der Waals surface area contributed by atoms with Crippen molar-refractivity contribution in [3.05, 3.63) is 75.8 Å². The predicted octanol–water partition coefficient (Wildman–Crippen LogP) is 3.65. The number of nitrogens with zero attached hydrogens (tertiary/aromatic N) is 2. The second kappa shape index (κ2) is 5.89. The summed E-state index contributed by atoms with van der Waals surface area (Å²) in [4.78, 5) is 38.7. The summed E-state index contributed by atoms with van der Waals surface area (Å²) in [5.41, 5.74) is -0.627. The maximum Gasteiger partial charge on any atom is 0.421 e. The van der Waals surface area contributed by atoms with Gasteiger partial charge in [0.05, 0.1) is 11.6 Å². The molecule has 2 aliphatic rings. The largest absolute Gasteiger partial charge is 0.443 e. The lowest BCUT2D eigenvalue weighted by molar-refractivity contribution is -0.499. The molecule has 0 aromatic heterocycles. The number of nitro groups is 1. The van der Waals surface area contributed by atoms with E-state index in [1.165, 1.54) is 0 Å². The first-order valence-electron chi connectivity index (χ1n) is 9.05. The van der Waals surface area contributed by atoms with Gasteiger partial charge in [0.25, 0.3) is 5.91 Å². The zero-order valence-corrected chi connectivity index (χ0v) is 15.8. The van der Waals surface area contributed by atoms with E-state index in [2.05, 4.69) is 0 Å². The summed E-state index contributed by atoms with van der Waals surface area (Å²) in [7, 11) is 0. The van der Waals surface area contributed by atoms with Gasteiger partial charge in [-0.25, -0.2) is 9.69 Å². The normalized spacial score (nSPS) is 25.5. The monoisotopic (exact) mass is 380 g/mol. The Bertz CT molecular complexity index is 982. The van der Waals surface area contributed by atoms with Gasteiger partial charge in [-0.15, -0.1) is 0 Å². The average Bonchev–Trinajstić information content (AvgIpc) is 3.26. The molecule has 1 saturated carbocycles. The van der Waals surface area contributed by atoms with Crippen LogP contribution < -0.4 is 4.90 Å². The van der Waals surface area contributed by atoms with Crippen molar-refractivity contribution in [1.82, 2.24) is 0 Å². The van der Waals surface area contributed by atoms with Crippen LogP contribution in [0.2, 0.25) is 0 Å². The van der Waals surface area contributed by atoms with Gasteiger partial charge in [0.15, 0.2) is 5.41 Å². The van der Waals surface area contributed by atoms with E-state index in [0.717, 1.165) is 4.90 Å². The Morgan fingerprint density at radius 2 is 1.71 bits per heavy atom. The number of fused-ring (bicyclic) bond motifs is 2. The molecule has 4 rings (SSSR count). The molecule has 7 nitrogen and oxygen atoms in total. The van der Waals surface area contributed by atoms with Crippen molar-refractivity contribution in [2.45, 2.75) is 43.7 Å². The summed E-state index contributed by atoms with van der Waals surface area (Å²) >= 11 is 0. The van der Waals surface area contributed by atoms with Crippen LogP contribution in [-0.2, 0) is 14.9 Å². The molecule has 1 heterocycles. The summed E-state index contributed by atoms with van der Waals surface area (Å²) in [6, 6.07) is 14.6. The highest BCUT2D eigenvalue weighted by Crippen LogP contribution is 2.67. The molecule has 7 heteroatoms. The van der Waals surface area contributed by atoms with Crippen molar-refractivity contribution >= 4 is 17.7 Å². The Morgan fingerprint density at radius 1 is 1.11 bits per heavy atom. The maximum absolute atomic E-state index is 13.5. The fourth-order valence-electron chi connectivity index (χ4n) is 4.27. The molecule has 0 N–H and O–H groups in total. The number of amides is 2. The number of para-hydroxylation sites is 1. The Balaban J connectivity index is 1.85. The fraction of sp³-hybridized carbons (Fsp3) is 0.333. The number of hydrogen-bond acceptors (Lipinski definition) is 5. The predicted molar refractivity (Wildman–Crippen MR) is 102 cm³/mol. The van der Waals surface area contributed by atoms with Crippen LogP contribution in [0.15, 0.2) is 54.6 Å². The first kappa shape index (κ1) is 18.2. The van der Waals surface area contributed by atoms with Gasteiger partial charge < -0.3 is 4.74 Å². The molecule has 144 valence electrons. The van der Waals surface area contributed by atoms with Gasteiger partial charge in [-0.05, 0) is 38.0 Å². The molecule has 1 spiro atoms. The molecule has 28 heavy (non-hydrogen) atoms. The molecule has 2 aromatic rings. The quantitative estimate of drug-likeness (QED) is 0.586. The van der Waals surface area contributed by atoms with Crippen LogP contribution in [0.3, 0.4) is 0 Å². The second-order valence-corrected chi connectivity index (χ2v) is 8.13. The number of carbonyl (C=O) groups excluding carboxylic acids is 2. The lowest BCUT2D eigenvalue weighted by Crippen LogP contribution is -2.42. The molecule has 0 bridgehead atoms. The van der Waals surface area contributed by atoms with Gasteiger partial charge in [0.1, 0.15) is 5.60 Å². The number of carbonyl (C=O) groups is 2. The van der Waals surface area contributed by atoms with E-state index in [1.807, 2.05) is 6.07 Å². The number of ether oxygens (including phenoxy) is 1. The lowest BCUT2D eigenvalue weighted by Gasteiger charge is -2.24. The van der Waals surface area contributed by atoms with Gasteiger partial charge in [0, 0.05) is 4.92 Å². The van der Waals surface area contributed by atoms with Gasteiger partial charge in [-0.1, -0.05) is 48.5 Å². The molecule has 0 radical (unpaired) electrons. The third kappa shape index (κ3) is 2.42. The van der Waals surface area contributed by atoms with Crippen molar-refractivity contribution in [2.75, 3.05) is 4.90 Å². The van der Waals surface area contributed by atoms with E-state index in [9.17, 15) is 19.7 Å². The molecule has 2 aromatic carbocycles. The van der Waals surface area contributed by atoms with E-state index in [1.54, 1.807) is 69.3 Å². The van der Waals surface area contributed by atoms with E-state index in [-0.39, 0.29) is 0 Å². The first-order chi connectivity index (χ1) is 13.2. The van der Waals surface area contributed by atoms with Gasteiger partial charge in [-0.3, -0.25) is 14.9 Å². The van der Waals surface area contributed by atoms with Crippen LogP contribution in [0.1, 0.15) is 37.8 Å². The molecule has 1 fully saturated rings. The SMILES string of the molecule is CC(C)(C)OC(=O)N1C(=O)[C@]2(c3ccccc31)[C@@H](c1ccccc1)[C@H]2[N+](=O)[O-]. The molecule has 0 unspecified atom stereocenters. The average molecular weight is 380 g/mol. The summed E-state index contributed by atoms with van der Waals surface area (Å²) < 4.78 is 5.40. The van der Waals surface area contributed by atoms with Crippen LogP contribution in [0.4, 0.5) is 10.5 Å². The highest BCUT2D eigenvalue weighted by atomic mass is 16.6. The zero-order chi connectivity index (χ0) is 20.3. The van der Waals surface area contributed by atoms with Crippen molar-refractivity contribution < 1.29 is 19.2 Å². The molecule has 1 aliphatic heterocycles. The molecular formula is C21H20N2O5. The smallest absolute Gasteiger partial charge is 0.421 e. The van der Waals surface area contributed by atoms with Crippen molar-refractivity contribution in [3.63, 3.8) is 0 Å². The van der Waals surface area contributed by atoms with Crippen LogP contribution >= 0.6 is 0 Å². The van der Waals surface area contributed by atoms with Gasteiger partial charge >= 0.3 is 6.09 Å². The highest BCUT2D eigenvalue weighted by Gasteiger charge is 2.83. The van der Waals surface area contributed by atoms with Crippen LogP contribution in [0.5, 0.6) is 0 Å². The third-order valence-corrected chi connectivity index (χ3v) is 5.27. The fourth-order valence-corrected chi connectivity index (χ4v) is 4.27. The molecule has 1 aliphatic carbocycles. The summed E-state index contributed by atoms with van der Waals surface area (Å²) in [5.74, 6) is -1.23. The first-order valence-corrected chi connectivity index (χ1v) is 9.05. The van der Waals surface area contributed by atoms with Crippen LogP contribution in [-0.4, -0.2) is 28.6 Å². The van der Waals surface area contributed by atoms with Crippen LogP contribution in [0.25, 0.3) is 0 Å². The highest BCUT2D eigenvalue weighted by molar-refractivity contribution is 6.23.